The predicted octanol–water partition coefficient (Wildman–Crippen LogP) is 0.958. The molecule has 0 bridgehead atoms. The van der Waals surface area contributed by atoms with E-state index in [4.69, 9.17) is 0 Å². The molecule has 0 spiro atoms. The van der Waals surface area contributed by atoms with Crippen molar-refractivity contribution in [2.45, 2.75) is 0 Å². The van der Waals surface area contributed by atoms with Crippen molar-refractivity contribution in [2.24, 2.45) is 4.99 Å². The molecular weight excluding hydrogens is 164 g/mol. The number of ketones is 1. The number of hydrogen-bond donors (Lipinski definition) is 0. The van der Waals surface area contributed by atoms with Crippen LogP contribution in [-0.4, -0.2) is 31.0 Å². The van der Waals surface area contributed by atoms with Gasteiger partial charge in [0.1, 0.15) is 12.3 Å². The highest BCUT2D eigenvalue weighted by atomic mass is 16.1. The van der Waals surface area contributed by atoms with Crippen LogP contribution in [0.3, 0.4) is 0 Å². The summed E-state index contributed by atoms with van der Waals surface area (Å²) in [5.74, 6) is -0.0574. The van der Waals surface area contributed by atoms with Gasteiger partial charge in [-0.1, -0.05) is 0 Å². The molecule has 1 heterocycles. The number of carbonyl (C=O) groups is 1. The average molecular weight is 175 g/mol. The van der Waals surface area contributed by atoms with Crippen LogP contribution >= 0.6 is 0 Å². The summed E-state index contributed by atoms with van der Waals surface area (Å²) in [5, 5.41) is 0. The summed E-state index contributed by atoms with van der Waals surface area (Å²) >= 11 is 0. The second-order valence-electron chi connectivity index (χ2n) is 2.82. The summed E-state index contributed by atoms with van der Waals surface area (Å²) < 4.78 is 0. The van der Waals surface area contributed by atoms with Crippen LogP contribution in [0.5, 0.6) is 0 Å². The zero-order valence-corrected chi connectivity index (χ0v) is 7.69. The standard InChI is InChI=1S/C10H11N2O/c1-12(2)7-5-10(13)9-4-3-6-11-8-9/h4-8H,1-2H3/q+1. The van der Waals surface area contributed by atoms with Crippen LogP contribution in [0.15, 0.2) is 35.1 Å². The van der Waals surface area contributed by atoms with Gasteiger partial charge in [0.2, 0.25) is 0 Å². The summed E-state index contributed by atoms with van der Waals surface area (Å²) in [4.78, 5) is 17.0. The molecule has 0 unspecified atom stereocenters. The maximum atomic E-state index is 11.4. The zero-order valence-electron chi connectivity index (χ0n) is 7.69. The Morgan fingerprint density at radius 3 is 2.92 bits per heavy atom. The van der Waals surface area contributed by atoms with Gasteiger partial charge in [0.15, 0.2) is 17.9 Å². The lowest BCUT2D eigenvalue weighted by molar-refractivity contribution is -0.111. The van der Waals surface area contributed by atoms with Crippen LogP contribution < -0.4 is 0 Å². The molecule has 0 amide bonds. The highest BCUT2D eigenvalue weighted by Crippen LogP contribution is 2.03. The molecule has 1 aliphatic rings. The summed E-state index contributed by atoms with van der Waals surface area (Å²) in [6.07, 6.45) is 10.6. The first-order chi connectivity index (χ1) is 6.20. The van der Waals surface area contributed by atoms with E-state index in [-0.39, 0.29) is 5.78 Å². The van der Waals surface area contributed by atoms with Gasteiger partial charge in [-0.15, -0.1) is 0 Å². The molecule has 1 aliphatic heterocycles. The molecule has 0 atom stereocenters. The Morgan fingerprint density at radius 2 is 2.38 bits per heavy atom. The Balaban J connectivity index is 2.64. The third-order valence-corrected chi connectivity index (χ3v) is 1.41. The number of carbonyl (C=O) groups excluding carboxylic acids is 1. The van der Waals surface area contributed by atoms with Crippen molar-refractivity contribution in [2.75, 3.05) is 14.1 Å². The van der Waals surface area contributed by atoms with Gasteiger partial charge in [-0.3, -0.25) is 4.79 Å². The van der Waals surface area contributed by atoms with Gasteiger partial charge in [0, 0.05) is 26.4 Å². The van der Waals surface area contributed by atoms with Crippen molar-refractivity contribution >= 4 is 12.0 Å². The maximum Gasteiger partial charge on any atom is 0.270 e. The van der Waals surface area contributed by atoms with E-state index >= 15 is 0 Å². The fourth-order valence-electron chi connectivity index (χ4n) is 0.773. The fraction of sp³-hybridized carbons (Fsp3) is 0.200. The van der Waals surface area contributed by atoms with Crippen LogP contribution in [-0.2, 0) is 4.79 Å². The first-order valence-electron chi connectivity index (χ1n) is 3.90. The summed E-state index contributed by atoms with van der Waals surface area (Å²) in [7, 11) is 3.72. The average Bonchev–Trinajstić information content (AvgIpc) is 2.15. The van der Waals surface area contributed by atoms with Crippen molar-refractivity contribution < 1.29 is 4.79 Å². The third-order valence-electron chi connectivity index (χ3n) is 1.41. The first kappa shape index (κ1) is 9.36. The van der Waals surface area contributed by atoms with Gasteiger partial charge < -0.3 is 4.90 Å². The van der Waals surface area contributed by atoms with E-state index in [2.05, 4.69) is 11.1 Å². The van der Waals surface area contributed by atoms with Crippen LogP contribution in [0.4, 0.5) is 0 Å². The molecule has 0 aliphatic carbocycles. The Hall–Kier alpha value is -1.73. The van der Waals surface area contributed by atoms with Gasteiger partial charge in [0.05, 0.1) is 0 Å². The van der Waals surface area contributed by atoms with E-state index in [0.29, 0.717) is 5.57 Å². The lowest BCUT2D eigenvalue weighted by Gasteiger charge is -2.01. The van der Waals surface area contributed by atoms with E-state index < -0.39 is 0 Å². The third kappa shape index (κ3) is 3.01. The molecule has 0 saturated heterocycles. The molecule has 1 rings (SSSR count). The molecule has 0 aromatic rings. The Labute approximate surface area is 77.8 Å². The van der Waals surface area contributed by atoms with Crippen molar-refractivity contribution in [3.63, 3.8) is 0 Å². The fourth-order valence-corrected chi connectivity index (χ4v) is 0.773. The molecule has 0 N–H and O–H groups in total. The highest BCUT2D eigenvalue weighted by molar-refractivity contribution is 6.06. The quantitative estimate of drug-likeness (QED) is 0.472. The summed E-state index contributed by atoms with van der Waals surface area (Å²) in [6.45, 7) is 0. The number of hydrogen-bond acceptors (Lipinski definition) is 3. The molecule has 0 saturated carbocycles. The number of aliphatic imine (C=N–C) groups is 1. The topological polar surface area (TPSA) is 32.7 Å². The van der Waals surface area contributed by atoms with Gasteiger partial charge in [-0.25, -0.2) is 4.99 Å². The number of rotatable bonds is 3. The van der Waals surface area contributed by atoms with Crippen LogP contribution in [0, 0.1) is 6.08 Å². The largest absolute Gasteiger partial charge is 0.383 e. The van der Waals surface area contributed by atoms with Crippen molar-refractivity contribution in [1.29, 1.82) is 0 Å². The van der Waals surface area contributed by atoms with Gasteiger partial charge >= 0.3 is 0 Å². The molecule has 0 aromatic heterocycles. The van der Waals surface area contributed by atoms with Gasteiger partial charge in [-0.2, -0.15) is 0 Å². The maximum absolute atomic E-state index is 11.4. The molecule has 13 heavy (non-hydrogen) atoms. The first-order valence-corrected chi connectivity index (χ1v) is 3.90. The van der Waals surface area contributed by atoms with E-state index in [1.54, 1.807) is 17.2 Å². The smallest absolute Gasteiger partial charge is 0.270 e. The van der Waals surface area contributed by atoms with Crippen molar-refractivity contribution in [3.8, 4) is 0 Å². The van der Waals surface area contributed by atoms with E-state index in [1.165, 1.54) is 18.5 Å². The van der Waals surface area contributed by atoms with Crippen molar-refractivity contribution in [3.05, 3.63) is 36.2 Å². The van der Waals surface area contributed by atoms with E-state index in [1.807, 2.05) is 14.1 Å². The van der Waals surface area contributed by atoms with E-state index in [0.717, 1.165) is 0 Å². The second kappa shape index (κ2) is 4.33. The van der Waals surface area contributed by atoms with Crippen molar-refractivity contribution in [1.82, 2.24) is 4.90 Å². The van der Waals surface area contributed by atoms with Crippen LogP contribution in [0.25, 0.3) is 0 Å². The minimum atomic E-state index is -0.0574. The highest BCUT2D eigenvalue weighted by Gasteiger charge is 2.13. The van der Waals surface area contributed by atoms with Gasteiger partial charge in [0.25, 0.3) is 5.78 Å². The normalized spacial score (nSPS) is 14.2. The molecule has 3 nitrogen and oxygen atoms in total. The molecule has 0 radical (unpaired) electrons. The number of nitrogens with zero attached hydrogens (tertiary/aromatic N) is 2. The van der Waals surface area contributed by atoms with Crippen LogP contribution in [0.2, 0.25) is 0 Å². The lowest BCUT2D eigenvalue weighted by Crippen LogP contribution is -2.04. The molecular formula is C10H11N2O+. The summed E-state index contributed by atoms with van der Waals surface area (Å²) in [5.41, 5.74) is 0.556. The Bertz CT molecular complexity index is 309. The molecule has 0 fully saturated rings. The molecule has 3 heteroatoms. The number of allylic oxidation sites excluding steroid dienone is 4. The second-order valence-corrected chi connectivity index (χ2v) is 2.82. The Kier molecular flexibility index (Phi) is 3.12. The van der Waals surface area contributed by atoms with E-state index in [9.17, 15) is 4.79 Å². The SMILES string of the molecule is CN(C)C=CC(=O)C1=CN=C[C+]=C1. The molecule has 0 aromatic carbocycles. The minimum absolute atomic E-state index is 0.0574. The Morgan fingerprint density at radius 1 is 1.62 bits per heavy atom. The minimum Gasteiger partial charge on any atom is -0.383 e. The lowest BCUT2D eigenvalue weighted by atomic mass is 10.1. The summed E-state index contributed by atoms with van der Waals surface area (Å²) in [6, 6.07) is 0. The van der Waals surface area contributed by atoms with Crippen LogP contribution in [0.1, 0.15) is 0 Å². The van der Waals surface area contributed by atoms with Gasteiger partial charge in [-0.05, 0) is 0 Å². The zero-order chi connectivity index (χ0) is 9.68. The molecule has 66 valence electrons. The monoisotopic (exact) mass is 175 g/mol. The predicted molar refractivity (Wildman–Crippen MR) is 52.2 cm³/mol.